The van der Waals surface area contributed by atoms with Gasteiger partial charge in [-0.05, 0) is 36.7 Å². The Bertz CT molecular complexity index is 683. The number of rotatable bonds is 9. The quantitative estimate of drug-likeness (QED) is 0.332. The molecule has 1 aromatic carbocycles. The van der Waals surface area contributed by atoms with Crippen LogP contribution < -0.4 is 25.8 Å². The molecule has 2 amide bonds. The van der Waals surface area contributed by atoms with Gasteiger partial charge in [-0.15, -0.1) is 0 Å². The number of fused-ring (bicyclic) bond motifs is 1. The van der Waals surface area contributed by atoms with Crippen LogP contribution in [0.5, 0.6) is 5.75 Å². The second-order valence-corrected chi connectivity index (χ2v) is 7.44. The maximum Gasteiger partial charge on any atom is 0.265 e. The predicted molar refractivity (Wildman–Crippen MR) is 114 cm³/mol. The van der Waals surface area contributed by atoms with E-state index in [-0.39, 0.29) is 31.4 Å². The van der Waals surface area contributed by atoms with Crippen molar-refractivity contribution in [2.24, 2.45) is 5.92 Å². The summed E-state index contributed by atoms with van der Waals surface area (Å²) in [5, 5.41) is 3.51. The predicted octanol–water partition coefficient (Wildman–Crippen LogP) is 2.51. The first-order valence-corrected chi connectivity index (χ1v) is 10.3. The number of para-hydroxylation sites is 2. The van der Waals surface area contributed by atoms with Crippen LogP contribution in [-0.2, 0) is 9.59 Å². The first kappa shape index (κ1) is 21.9. The van der Waals surface area contributed by atoms with Crippen LogP contribution in [0.1, 0.15) is 46.0 Å². The molecule has 0 saturated heterocycles. The van der Waals surface area contributed by atoms with Crippen LogP contribution in [-0.4, -0.2) is 36.6 Å². The first-order valence-electron chi connectivity index (χ1n) is 9.86. The molecule has 0 fully saturated rings. The second kappa shape index (κ2) is 11.5. The van der Waals surface area contributed by atoms with E-state index in [9.17, 15) is 9.59 Å². The standard InChI is InChI=1S/C20H30N4O3S/c1-3-4-5-8-15(2)13-21-20(28)23-22-18(25)11-12-24-16-9-6-7-10-17(16)27-14-19(24)26/h6-7,9-10,15H,3-5,8,11-14H2,1-2H3,(H,22,25)(H2,21,23,28)/t15-/m0/s1. The summed E-state index contributed by atoms with van der Waals surface area (Å²) in [7, 11) is 0. The second-order valence-electron chi connectivity index (χ2n) is 7.04. The lowest BCUT2D eigenvalue weighted by Gasteiger charge is -2.29. The summed E-state index contributed by atoms with van der Waals surface area (Å²) >= 11 is 5.19. The third kappa shape index (κ3) is 6.99. The summed E-state index contributed by atoms with van der Waals surface area (Å²) in [6.45, 7) is 5.41. The lowest BCUT2D eigenvalue weighted by molar-refractivity contribution is -0.122. The minimum Gasteiger partial charge on any atom is -0.482 e. The molecular formula is C20H30N4O3S. The number of thiocarbonyl (C=S) groups is 1. The van der Waals surface area contributed by atoms with Crippen molar-refractivity contribution in [3.8, 4) is 5.75 Å². The van der Waals surface area contributed by atoms with Gasteiger partial charge in [0.25, 0.3) is 5.91 Å². The molecule has 7 nitrogen and oxygen atoms in total. The molecule has 1 aromatic rings. The molecule has 0 aliphatic carbocycles. The molecule has 1 heterocycles. The third-order valence-corrected chi connectivity index (χ3v) is 4.84. The van der Waals surface area contributed by atoms with Crippen LogP contribution in [0, 0.1) is 5.92 Å². The fraction of sp³-hybridized carbons (Fsp3) is 0.550. The number of amides is 2. The molecule has 0 saturated carbocycles. The molecule has 1 aliphatic heterocycles. The number of hydrazine groups is 1. The molecule has 0 radical (unpaired) electrons. The minimum absolute atomic E-state index is 0.0126. The first-order chi connectivity index (χ1) is 13.5. The largest absolute Gasteiger partial charge is 0.482 e. The van der Waals surface area contributed by atoms with Crippen LogP contribution in [0.2, 0.25) is 0 Å². The van der Waals surface area contributed by atoms with Crippen molar-refractivity contribution >= 4 is 34.8 Å². The lowest BCUT2D eigenvalue weighted by Crippen LogP contribution is -2.48. The van der Waals surface area contributed by atoms with Gasteiger partial charge < -0.3 is 15.0 Å². The van der Waals surface area contributed by atoms with E-state index in [1.165, 1.54) is 19.3 Å². The van der Waals surface area contributed by atoms with Gasteiger partial charge in [-0.1, -0.05) is 45.2 Å². The van der Waals surface area contributed by atoms with Gasteiger partial charge in [0.2, 0.25) is 5.91 Å². The van der Waals surface area contributed by atoms with E-state index in [4.69, 9.17) is 17.0 Å². The van der Waals surface area contributed by atoms with E-state index in [0.717, 1.165) is 13.0 Å². The number of nitrogens with one attached hydrogen (secondary N) is 3. The van der Waals surface area contributed by atoms with Gasteiger partial charge in [0.05, 0.1) is 5.69 Å². The minimum atomic E-state index is -0.239. The zero-order valence-corrected chi connectivity index (χ0v) is 17.4. The highest BCUT2D eigenvalue weighted by atomic mass is 32.1. The Balaban J connectivity index is 1.67. The average Bonchev–Trinajstić information content (AvgIpc) is 2.70. The van der Waals surface area contributed by atoms with E-state index in [0.29, 0.717) is 22.5 Å². The smallest absolute Gasteiger partial charge is 0.265 e. The molecule has 154 valence electrons. The monoisotopic (exact) mass is 406 g/mol. The van der Waals surface area contributed by atoms with Crippen LogP contribution in [0.3, 0.4) is 0 Å². The molecule has 1 aliphatic rings. The molecule has 8 heteroatoms. The molecule has 0 unspecified atom stereocenters. The molecule has 1 atom stereocenters. The van der Waals surface area contributed by atoms with E-state index in [2.05, 4.69) is 30.0 Å². The molecule has 3 N–H and O–H groups in total. The summed E-state index contributed by atoms with van der Waals surface area (Å²) in [6.07, 6.45) is 5.00. The van der Waals surface area contributed by atoms with Crippen molar-refractivity contribution in [2.45, 2.75) is 46.0 Å². The molecule has 0 bridgehead atoms. The normalized spacial score (nSPS) is 13.9. The Hall–Kier alpha value is -2.35. The maximum atomic E-state index is 12.1. The van der Waals surface area contributed by atoms with Gasteiger partial charge in [0.1, 0.15) is 5.75 Å². The van der Waals surface area contributed by atoms with Crippen molar-refractivity contribution in [3.63, 3.8) is 0 Å². The molecular weight excluding hydrogens is 376 g/mol. The number of hydrogen-bond acceptors (Lipinski definition) is 4. The SMILES string of the molecule is CCCCC[C@H](C)CNC(=S)NNC(=O)CCN1C(=O)COc2ccccc21. The lowest BCUT2D eigenvalue weighted by atomic mass is 10.0. The Morgan fingerprint density at radius 2 is 2.07 bits per heavy atom. The Kier molecular flexibility index (Phi) is 9.00. The van der Waals surface area contributed by atoms with E-state index in [1.807, 2.05) is 24.3 Å². The summed E-state index contributed by atoms with van der Waals surface area (Å²) in [6, 6.07) is 7.30. The number of unbranched alkanes of at least 4 members (excludes halogenated alkanes) is 2. The van der Waals surface area contributed by atoms with Crippen LogP contribution in [0.4, 0.5) is 5.69 Å². The number of hydrogen-bond donors (Lipinski definition) is 3. The zero-order valence-electron chi connectivity index (χ0n) is 16.6. The Morgan fingerprint density at radius 3 is 2.86 bits per heavy atom. The Labute approximate surface area is 172 Å². The summed E-state index contributed by atoms with van der Waals surface area (Å²) < 4.78 is 5.40. The highest BCUT2D eigenvalue weighted by Gasteiger charge is 2.25. The molecule has 0 aromatic heterocycles. The van der Waals surface area contributed by atoms with Gasteiger partial charge in [0, 0.05) is 19.5 Å². The summed E-state index contributed by atoms with van der Waals surface area (Å²) in [4.78, 5) is 25.8. The number of anilines is 1. The number of carbonyl (C=O) groups excluding carboxylic acids is 2. The highest BCUT2D eigenvalue weighted by Crippen LogP contribution is 2.31. The van der Waals surface area contributed by atoms with E-state index < -0.39 is 0 Å². The zero-order chi connectivity index (χ0) is 20.4. The van der Waals surface area contributed by atoms with Crippen LogP contribution in [0.25, 0.3) is 0 Å². The highest BCUT2D eigenvalue weighted by molar-refractivity contribution is 7.80. The van der Waals surface area contributed by atoms with E-state index >= 15 is 0 Å². The average molecular weight is 407 g/mol. The topological polar surface area (TPSA) is 82.7 Å². The van der Waals surface area contributed by atoms with Gasteiger partial charge >= 0.3 is 0 Å². The maximum absolute atomic E-state index is 12.1. The number of ether oxygens (including phenoxy) is 1. The Morgan fingerprint density at radius 1 is 1.29 bits per heavy atom. The summed E-state index contributed by atoms with van der Waals surface area (Å²) in [5.74, 6) is 0.777. The van der Waals surface area contributed by atoms with Crippen LogP contribution >= 0.6 is 12.2 Å². The van der Waals surface area contributed by atoms with Gasteiger partial charge in [-0.25, -0.2) is 0 Å². The van der Waals surface area contributed by atoms with Crippen molar-refractivity contribution in [3.05, 3.63) is 24.3 Å². The van der Waals surface area contributed by atoms with Gasteiger partial charge in [-0.2, -0.15) is 0 Å². The number of benzene rings is 1. The van der Waals surface area contributed by atoms with Crippen LogP contribution in [0.15, 0.2) is 24.3 Å². The number of carbonyl (C=O) groups is 2. The molecule has 2 rings (SSSR count). The fourth-order valence-corrected chi connectivity index (χ4v) is 3.09. The van der Waals surface area contributed by atoms with Gasteiger partial charge in [0.15, 0.2) is 11.7 Å². The van der Waals surface area contributed by atoms with Crippen molar-refractivity contribution in [1.82, 2.24) is 16.2 Å². The van der Waals surface area contributed by atoms with Gasteiger partial charge in [-0.3, -0.25) is 20.4 Å². The molecule has 28 heavy (non-hydrogen) atoms. The third-order valence-electron chi connectivity index (χ3n) is 4.60. The summed E-state index contributed by atoms with van der Waals surface area (Å²) in [5.41, 5.74) is 5.98. The van der Waals surface area contributed by atoms with Crippen molar-refractivity contribution in [2.75, 3.05) is 24.6 Å². The number of nitrogens with zero attached hydrogens (tertiary/aromatic N) is 1. The van der Waals surface area contributed by atoms with Crippen molar-refractivity contribution in [1.29, 1.82) is 0 Å². The van der Waals surface area contributed by atoms with Crippen molar-refractivity contribution < 1.29 is 14.3 Å². The fourth-order valence-electron chi connectivity index (χ4n) is 2.96. The molecule has 0 spiro atoms. The van der Waals surface area contributed by atoms with E-state index in [1.54, 1.807) is 4.90 Å².